The molecule has 0 saturated heterocycles. The van der Waals surface area contributed by atoms with Gasteiger partial charge in [0.2, 0.25) is 0 Å². The number of hydrogen-bond donors (Lipinski definition) is 3. The van der Waals surface area contributed by atoms with Gasteiger partial charge in [-0.1, -0.05) is 0 Å². The zero-order chi connectivity index (χ0) is 11.0. The fourth-order valence-corrected chi connectivity index (χ4v) is 0.665. The molecule has 0 unspecified atom stereocenters. The molecule has 0 rings (SSSR count). The van der Waals surface area contributed by atoms with Crippen LogP contribution in [0.1, 0.15) is 0 Å². The van der Waals surface area contributed by atoms with Crippen LogP contribution in [0.4, 0.5) is 13.2 Å². The van der Waals surface area contributed by atoms with E-state index in [0.717, 1.165) is 0 Å². The van der Waals surface area contributed by atoms with Crippen molar-refractivity contribution in [3.8, 4) is 0 Å². The van der Waals surface area contributed by atoms with Gasteiger partial charge in [-0.15, -0.1) is 0 Å². The van der Waals surface area contributed by atoms with E-state index in [1.807, 2.05) is 0 Å². The van der Waals surface area contributed by atoms with E-state index in [2.05, 4.69) is 10.1 Å². The van der Waals surface area contributed by atoms with E-state index in [9.17, 15) is 13.2 Å². The Balaban J connectivity index is 3.14. The third-order valence-corrected chi connectivity index (χ3v) is 1.28. The lowest BCUT2D eigenvalue weighted by Crippen LogP contribution is -2.32. The summed E-state index contributed by atoms with van der Waals surface area (Å²) < 4.78 is 38.9. The van der Waals surface area contributed by atoms with Gasteiger partial charge in [-0.25, -0.2) is 0 Å². The number of nitrogens with one attached hydrogen (secondary N) is 1. The summed E-state index contributed by atoms with van der Waals surface area (Å²) in [6.45, 7) is -1.40. The highest BCUT2D eigenvalue weighted by molar-refractivity contribution is 4.56. The predicted molar refractivity (Wildman–Crippen MR) is 42.8 cm³/mol. The maximum absolute atomic E-state index is 11.5. The molecule has 4 nitrogen and oxygen atoms in total. The molecule has 0 spiro atoms. The maximum atomic E-state index is 11.5. The van der Waals surface area contributed by atoms with Crippen LogP contribution >= 0.6 is 0 Å². The van der Waals surface area contributed by atoms with Crippen LogP contribution in [0.5, 0.6) is 0 Å². The van der Waals surface area contributed by atoms with E-state index in [1.165, 1.54) is 0 Å². The van der Waals surface area contributed by atoms with Gasteiger partial charge in [-0.05, 0) is 0 Å². The lowest BCUT2D eigenvalue weighted by molar-refractivity contribution is -0.173. The first-order valence-electron chi connectivity index (χ1n) is 4.10. The second kappa shape index (κ2) is 6.99. The quantitative estimate of drug-likeness (QED) is 0.503. The minimum Gasteiger partial charge on any atom is -0.394 e. The number of ether oxygens (including phenoxy) is 1. The number of hydrogen-bond acceptors (Lipinski definition) is 4. The van der Waals surface area contributed by atoms with Gasteiger partial charge in [0.15, 0.2) is 0 Å². The number of aliphatic hydroxyl groups excluding tert-OH is 2. The molecule has 0 aliphatic rings. The van der Waals surface area contributed by atoms with Gasteiger partial charge in [0.1, 0.15) is 6.61 Å². The maximum Gasteiger partial charge on any atom is 0.411 e. The zero-order valence-corrected chi connectivity index (χ0v) is 7.55. The van der Waals surface area contributed by atoms with Crippen molar-refractivity contribution in [2.24, 2.45) is 0 Å². The molecule has 0 heterocycles. The summed E-state index contributed by atoms with van der Waals surface area (Å²) in [4.78, 5) is 0. The molecule has 0 aliphatic carbocycles. The molecule has 0 aliphatic heterocycles. The Bertz CT molecular complexity index is 143. The third-order valence-electron chi connectivity index (χ3n) is 1.28. The number of aliphatic hydroxyl groups is 2. The number of alkyl halides is 3. The fraction of sp³-hybridized carbons (Fsp3) is 1.00. The van der Waals surface area contributed by atoms with Crippen molar-refractivity contribution < 1.29 is 28.1 Å². The summed E-state index contributed by atoms with van der Waals surface area (Å²) in [7, 11) is 0. The number of halogens is 3. The van der Waals surface area contributed by atoms with Gasteiger partial charge in [0, 0.05) is 13.1 Å². The van der Waals surface area contributed by atoms with Crippen molar-refractivity contribution >= 4 is 0 Å². The average molecular weight is 217 g/mol. The average Bonchev–Trinajstić information content (AvgIpc) is 2.08. The van der Waals surface area contributed by atoms with Gasteiger partial charge in [-0.3, -0.25) is 0 Å². The highest BCUT2D eigenvalue weighted by atomic mass is 19.4. The molecule has 3 N–H and O–H groups in total. The summed E-state index contributed by atoms with van der Waals surface area (Å²) in [5.74, 6) is 0. The third kappa shape index (κ3) is 9.72. The molecule has 0 fully saturated rings. The Morgan fingerprint density at radius 1 is 1.36 bits per heavy atom. The van der Waals surface area contributed by atoms with Crippen LogP contribution in [-0.2, 0) is 4.74 Å². The van der Waals surface area contributed by atoms with Gasteiger partial charge < -0.3 is 20.3 Å². The van der Waals surface area contributed by atoms with E-state index in [4.69, 9.17) is 10.2 Å². The molecule has 0 aromatic rings. The van der Waals surface area contributed by atoms with E-state index in [1.54, 1.807) is 0 Å². The van der Waals surface area contributed by atoms with E-state index in [-0.39, 0.29) is 26.3 Å². The summed E-state index contributed by atoms with van der Waals surface area (Å²) in [6, 6.07) is 0. The summed E-state index contributed by atoms with van der Waals surface area (Å²) in [5.41, 5.74) is 0. The van der Waals surface area contributed by atoms with Crippen LogP contribution in [-0.4, -0.2) is 55.4 Å². The first-order valence-corrected chi connectivity index (χ1v) is 4.10. The topological polar surface area (TPSA) is 61.7 Å². The first-order chi connectivity index (χ1) is 6.45. The predicted octanol–water partition coefficient (Wildman–Crippen LogP) is -0.492. The van der Waals surface area contributed by atoms with E-state index >= 15 is 0 Å². The molecule has 7 heteroatoms. The minimum absolute atomic E-state index is 0.0857. The van der Waals surface area contributed by atoms with Crippen LogP contribution < -0.4 is 5.32 Å². The molecule has 0 aromatic heterocycles. The second-order valence-corrected chi connectivity index (χ2v) is 2.71. The van der Waals surface area contributed by atoms with Crippen LogP contribution in [0.3, 0.4) is 0 Å². The van der Waals surface area contributed by atoms with Crippen molar-refractivity contribution in [1.82, 2.24) is 5.32 Å². The van der Waals surface area contributed by atoms with Crippen LogP contribution in [0.2, 0.25) is 0 Å². The minimum atomic E-state index is -4.30. The Hall–Kier alpha value is -0.370. The largest absolute Gasteiger partial charge is 0.411 e. The van der Waals surface area contributed by atoms with Crippen molar-refractivity contribution in [2.45, 2.75) is 12.3 Å². The van der Waals surface area contributed by atoms with Crippen molar-refractivity contribution in [2.75, 3.05) is 32.9 Å². The molecule has 0 radical (unpaired) electrons. The summed E-state index contributed by atoms with van der Waals surface area (Å²) >= 11 is 0. The first kappa shape index (κ1) is 13.6. The highest BCUT2D eigenvalue weighted by Crippen LogP contribution is 2.13. The Labute approximate surface area is 79.7 Å². The molecule has 0 saturated carbocycles. The van der Waals surface area contributed by atoms with Crippen LogP contribution in [0.15, 0.2) is 0 Å². The molecular weight excluding hydrogens is 203 g/mol. The normalized spacial score (nSPS) is 14.4. The van der Waals surface area contributed by atoms with Gasteiger partial charge in [0.05, 0.1) is 19.3 Å². The summed E-state index contributed by atoms with van der Waals surface area (Å²) in [6.07, 6.45) is -5.19. The standard InChI is InChI=1S/C7H14F3NO3/c8-7(9,10)5-14-2-1-11-3-6(13)4-12/h6,11-13H,1-5H2/t6-/m0/s1. The van der Waals surface area contributed by atoms with Crippen LogP contribution in [0.25, 0.3) is 0 Å². The second-order valence-electron chi connectivity index (χ2n) is 2.71. The smallest absolute Gasteiger partial charge is 0.394 e. The lowest BCUT2D eigenvalue weighted by Gasteiger charge is -2.10. The van der Waals surface area contributed by atoms with E-state index < -0.39 is 18.9 Å². The molecule has 0 bridgehead atoms. The SMILES string of the molecule is OC[C@@H](O)CNCCOCC(F)(F)F. The van der Waals surface area contributed by atoms with E-state index in [0.29, 0.717) is 0 Å². The zero-order valence-electron chi connectivity index (χ0n) is 7.55. The van der Waals surface area contributed by atoms with Crippen molar-refractivity contribution in [3.05, 3.63) is 0 Å². The molecule has 14 heavy (non-hydrogen) atoms. The Kier molecular flexibility index (Phi) is 6.81. The molecule has 0 aromatic carbocycles. The highest BCUT2D eigenvalue weighted by Gasteiger charge is 2.27. The van der Waals surface area contributed by atoms with Gasteiger partial charge >= 0.3 is 6.18 Å². The molecule has 1 atom stereocenters. The number of rotatable bonds is 7. The molecule has 0 amide bonds. The van der Waals surface area contributed by atoms with Gasteiger partial charge in [0.25, 0.3) is 0 Å². The molecular formula is C7H14F3NO3. The van der Waals surface area contributed by atoms with Crippen molar-refractivity contribution in [1.29, 1.82) is 0 Å². The monoisotopic (exact) mass is 217 g/mol. The van der Waals surface area contributed by atoms with Crippen molar-refractivity contribution in [3.63, 3.8) is 0 Å². The summed E-state index contributed by atoms with van der Waals surface area (Å²) in [5, 5.41) is 19.8. The Morgan fingerprint density at radius 3 is 2.50 bits per heavy atom. The van der Waals surface area contributed by atoms with Gasteiger partial charge in [-0.2, -0.15) is 13.2 Å². The molecule has 86 valence electrons. The fourth-order valence-electron chi connectivity index (χ4n) is 0.665. The lowest BCUT2D eigenvalue weighted by atomic mass is 10.4. The van der Waals surface area contributed by atoms with Crippen LogP contribution in [0, 0.1) is 0 Å². The Morgan fingerprint density at radius 2 is 2.00 bits per heavy atom.